The van der Waals surface area contributed by atoms with Crippen LogP contribution < -0.4 is 10.2 Å². The maximum atomic E-state index is 14.6. The predicted molar refractivity (Wildman–Crippen MR) is 175 cm³/mol. The minimum absolute atomic E-state index is 0.0257. The Morgan fingerprint density at radius 2 is 1.80 bits per heavy atom. The van der Waals surface area contributed by atoms with Crippen molar-refractivity contribution >= 4 is 34.4 Å². The monoisotopic (exact) mass is 611 g/mol. The maximum absolute atomic E-state index is 14.6. The third-order valence-corrected chi connectivity index (χ3v) is 11.2. The van der Waals surface area contributed by atoms with E-state index in [-0.39, 0.29) is 24.5 Å². The Kier molecular flexibility index (Phi) is 7.13. The molecule has 238 valence electrons. The summed E-state index contributed by atoms with van der Waals surface area (Å²) >= 11 is 0. The molecule has 10 nitrogen and oxygen atoms in total. The number of amides is 1. The number of carbonyl (C=O) groups is 2. The van der Waals surface area contributed by atoms with E-state index in [1.807, 2.05) is 11.2 Å². The molecule has 5 heterocycles. The number of carbonyl (C=O) groups excluding carboxylic acids is 1. The molecule has 2 saturated heterocycles. The molecule has 3 aromatic rings. The van der Waals surface area contributed by atoms with Gasteiger partial charge in [0.25, 0.3) is 0 Å². The fraction of sp³-hybridized carbons (Fsp3) is 0.600. The second-order valence-electron chi connectivity index (χ2n) is 14.4. The van der Waals surface area contributed by atoms with Gasteiger partial charge >= 0.3 is 5.97 Å². The standard InChI is InChI=1S/C35H45N7O3/c1-22(2)41-21-36-29-19-28(38-33(32(29)41)37-24-7-8-24)23-6-9-27-30(16-23)42(26-17-25(18-26)40-12-4-3-5-13-40)34(45)35(27)10-14-39(15-11-35)20-31(43)44/h6,9,16,19,21-22,24-26H,3-5,7-8,10-15,17-18,20H2,1-2H3,(H,37,38)(H,43,44). The summed E-state index contributed by atoms with van der Waals surface area (Å²) in [5.74, 6) is 0.281. The summed E-state index contributed by atoms with van der Waals surface area (Å²) in [5, 5.41) is 13.1. The Morgan fingerprint density at radius 3 is 2.49 bits per heavy atom. The molecule has 8 rings (SSSR count). The van der Waals surface area contributed by atoms with Crippen LogP contribution in [0.5, 0.6) is 0 Å². The molecule has 45 heavy (non-hydrogen) atoms. The van der Waals surface area contributed by atoms with Crippen molar-refractivity contribution in [3.8, 4) is 11.3 Å². The lowest BCUT2D eigenvalue weighted by Crippen LogP contribution is -2.58. The van der Waals surface area contributed by atoms with Crippen molar-refractivity contribution in [3.05, 3.63) is 36.2 Å². The van der Waals surface area contributed by atoms with Crippen molar-refractivity contribution in [3.63, 3.8) is 0 Å². The Morgan fingerprint density at radius 1 is 1.04 bits per heavy atom. The molecule has 1 spiro atoms. The quantitative estimate of drug-likeness (QED) is 0.365. The second kappa shape index (κ2) is 11.1. The van der Waals surface area contributed by atoms with Crippen molar-refractivity contribution in [2.24, 2.45) is 0 Å². The number of aliphatic carboxylic acids is 1. The summed E-state index contributed by atoms with van der Waals surface area (Å²) in [6, 6.07) is 10.1. The van der Waals surface area contributed by atoms with Crippen LogP contribution in [-0.2, 0) is 15.0 Å². The molecule has 10 heteroatoms. The van der Waals surface area contributed by atoms with Crippen LogP contribution in [0, 0.1) is 0 Å². The van der Waals surface area contributed by atoms with Gasteiger partial charge in [0.1, 0.15) is 5.52 Å². The van der Waals surface area contributed by atoms with Crippen LogP contribution in [0.2, 0.25) is 0 Å². The van der Waals surface area contributed by atoms with Gasteiger partial charge in [0.05, 0.1) is 29.5 Å². The molecular formula is C35H45N7O3. The van der Waals surface area contributed by atoms with Crippen LogP contribution in [-0.4, -0.2) is 92.2 Å². The van der Waals surface area contributed by atoms with E-state index in [9.17, 15) is 14.7 Å². The van der Waals surface area contributed by atoms with Gasteiger partial charge < -0.3 is 24.8 Å². The average molecular weight is 612 g/mol. The number of carboxylic acids is 1. The molecule has 1 amide bonds. The summed E-state index contributed by atoms with van der Waals surface area (Å²) in [6.45, 7) is 7.93. The number of likely N-dealkylation sites (tertiary alicyclic amines) is 2. The topological polar surface area (TPSA) is 107 Å². The first-order chi connectivity index (χ1) is 21.8. The minimum Gasteiger partial charge on any atom is -0.480 e. The highest BCUT2D eigenvalue weighted by Crippen LogP contribution is 2.52. The van der Waals surface area contributed by atoms with E-state index in [2.05, 4.69) is 57.8 Å². The molecule has 2 N–H and O–H groups in total. The van der Waals surface area contributed by atoms with E-state index in [0.29, 0.717) is 38.0 Å². The van der Waals surface area contributed by atoms with Crippen molar-refractivity contribution in [1.82, 2.24) is 24.3 Å². The predicted octanol–water partition coefficient (Wildman–Crippen LogP) is 5.04. The molecule has 0 atom stereocenters. The van der Waals surface area contributed by atoms with Crippen LogP contribution in [0.1, 0.15) is 83.2 Å². The van der Waals surface area contributed by atoms with Crippen molar-refractivity contribution < 1.29 is 14.7 Å². The fourth-order valence-electron chi connectivity index (χ4n) is 8.35. The van der Waals surface area contributed by atoms with Crippen LogP contribution >= 0.6 is 0 Å². The molecule has 3 aliphatic heterocycles. The number of imidazole rings is 1. The van der Waals surface area contributed by atoms with Gasteiger partial charge in [-0.05, 0) is 96.0 Å². The van der Waals surface area contributed by atoms with Crippen LogP contribution in [0.15, 0.2) is 30.6 Å². The normalized spacial score (nSPS) is 25.2. The number of nitrogens with zero attached hydrogens (tertiary/aromatic N) is 6. The summed E-state index contributed by atoms with van der Waals surface area (Å²) in [6.07, 6.45) is 11.4. The minimum atomic E-state index is -0.813. The van der Waals surface area contributed by atoms with Crippen LogP contribution in [0.4, 0.5) is 11.5 Å². The highest BCUT2D eigenvalue weighted by atomic mass is 16.4. The van der Waals surface area contributed by atoms with Gasteiger partial charge in [-0.15, -0.1) is 0 Å². The number of hydrogen-bond acceptors (Lipinski definition) is 7. The number of rotatable bonds is 8. The van der Waals surface area contributed by atoms with Crippen molar-refractivity contribution in [2.75, 3.05) is 42.9 Å². The molecule has 5 aliphatic rings. The second-order valence-corrected chi connectivity index (χ2v) is 14.4. The summed E-state index contributed by atoms with van der Waals surface area (Å²) < 4.78 is 2.19. The molecule has 0 radical (unpaired) electrons. The Bertz CT molecular complexity index is 1630. The van der Waals surface area contributed by atoms with Crippen LogP contribution in [0.25, 0.3) is 22.3 Å². The van der Waals surface area contributed by atoms with Gasteiger partial charge in [-0.2, -0.15) is 0 Å². The highest BCUT2D eigenvalue weighted by molar-refractivity contribution is 6.09. The molecule has 4 fully saturated rings. The first-order valence-electron chi connectivity index (χ1n) is 17.1. The van der Waals surface area contributed by atoms with Crippen molar-refractivity contribution in [2.45, 2.75) is 101 Å². The summed E-state index contributed by atoms with van der Waals surface area (Å²) in [4.78, 5) is 42.7. The van der Waals surface area contributed by atoms with Gasteiger partial charge in [-0.1, -0.05) is 18.6 Å². The number of anilines is 2. The van der Waals surface area contributed by atoms with Gasteiger partial charge in [0.15, 0.2) is 5.82 Å². The van der Waals surface area contributed by atoms with Gasteiger partial charge in [-0.3, -0.25) is 14.5 Å². The number of pyridine rings is 1. The molecule has 0 bridgehead atoms. The highest BCUT2D eigenvalue weighted by Gasteiger charge is 2.55. The van der Waals surface area contributed by atoms with E-state index < -0.39 is 11.4 Å². The van der Waals surface area contributed by atoms with E-state index in [1.54, 1.807) is 0 Å². The molecule has 2 aromatic heterocycles. The van der Waals surface area contributed by atoms with Gasteiger partial charge in [-0.25, -0.2) is 9.97 Å². The van der Waals surface area contributed by atoms with Crippen LogP contribution in [0.3, 0.4) is 0 Å². The first kappa shape index (κ1) is 28.9. The zero-order valence-corrected chi connectivity index (χ0v) is 26.5. The molecule has 2 saturated carbocycles. The van der Waals surface area contributed by atoms with E-state index in [1.165, 1.54) is 32.4 Å². The zero-order valence-electron chi connectivity index (χ0n) is 26.5. The number of carboxylic acid groups (broad SMARTS) is 1. The van der Waals surface area contributed by atoms with Crippen molar-refractivity contribution in [1.29, 1.82) is 0 Å². The van der Waals surface area contributed by atoms with E-state index in [0.717, 1.165) is 65.0 Å². The third-order valence-electron chi connectivity index (χ3n) is 11.2. The average Bonchev–Trinajstić information content (AvgIpc) is 3.67. The summed E-state index contributed by atoms with van der Waals surface area (Å²) in [7, 11) is 0. The molecular weight excluding hydrogens is 566 g/mol. The number of hydrogen-bond donors (Lipinski definition) is 2. The molecule has 2 aliphatic carbocycles. The fourth-order valence-corrected chi connectivity index (χ4v) is 8.35. The lowest BCUT2D eigenvalue weighted by molar-refractivity contribution is -0.138. The maximum Gasteiger partial charge on any atom is 0.317 e. The Balaban J connectivity index is 1.16. The Labute approximate surface area is 264 Å². The number of piperidine rings is 2. The molecule has 0 unspecified atom stereocenters. The molecule has 1 aromatic carbocycles. The first-order valence-corrected chi connectivity index (χ1v) is 17.1. The third kappa shape index (κ3) is 5.01. The smallest absolute Gasteiger partial charge is 0.317 e. The van der Waals surface area contributed by atoms with E-state index >= 15 is 0 Å². The number of benzene rings is 1. The number of nitrogens with one attached hydrogen (secondary N) is 1. The zero-order chi connectivity index (χ0) is 30.9. The number of aromatic nitrogens is 3. The largest absolute Gasteiger partial charge is 0.480 e. The van der Waals surface area contributed by atoms with E-state index in [4.69, 9.17) is 9.97 Å². The summed E-state index contributed by atoms with van der Waals surface area (Å²) in [5.41, 5.74) is 5.38. The lowest BCUT2D eigenvalue weighted by Gasteiger charge is -2.48. The Hall–Kier alpha value is -3.50. The number of fused-ring (bicyclic) bond motifs is 3. The lowest BCUT2D eigenvalue weighted by atomic mass is 9.73. The van der Waals surface area contributed by atoms with Gasteiger partial charge in [0, 0.05) is 48.5 Å². The van der Waals surface area contributed by atoms with Gasteiger partial charge in [0.2, 0.25) is 5.91 Å². The SMILES string of the molecule is CC(C)n1cnc2cc(-c3ccc4c(c3)N(C3CC(N5CCCCC5)C3)C(=O)C43CCN(CC(=O)O)CC3)nc(NC3CC3)c21.